The maximum absolute atomic E-state index is 12.9. The highest BCUT2D eigenvalue weighted by atomic mass is 35.5. The molecule has 0 N–H and O–H groups in total. The SMILES string of the molecule is C=CCOc1ccc(-n2c(Cl)nc3nc(SC)ncc3c2=O)c(C)c1. The number of benzene rings is 1. The normalized spacial score (nSPS) is 10.8. The first-order chi connectivity index (χ1) is 12.0. The summed E-state index contributed by atoms with van der Waals surface area (Å²) in [6.45, 7) is 5.90. The molecule has 0 fully saturated rings. The number of hydrogen-bond donors (Lipinski definition) is 0. The van der Waals surface area contributed by atoms with Crippen molar-refractivity contribution in [3.8, 4) is 11.4 Å². The number of aromatic nitrogens is 4. The largest absolute Gasteiger partial charge is 0.490 e. The van der Waals surface area contributed by atoms with Gasteiger partial charge in [0.15, 0.2) is 10.8 Å². The van der Waals surface area contributed by atoms with Gasteiger partial charge in [0.05, 0.1) is 5.69 Å². The van der Waals surface area contributed by atoms with E-state index in [1.165, 1.54) is 22.5 Å². The van der Waals surface area contributed by atoms with E-state index in [1.54, 1.807) is 18.2 Å². The quantitative estimate of drug-likeness (QED) is 0.387. The van der Waals surface area contributed by atoms with Crippen LogP contribution in [0.2, 0.25) is 5.28 Å². The predicted molar refractivity (Wildman–Crippen MR) is 100 cm³/mol. The van der Waals surface area contributed by atoms with E-state index < -0.39 is 0 Å². The molecule has 0 bridgehead atoms. The Morgan fingerprint density at radius 3 is 2.88 bits per heavy atom. The average Bonchev–Trinajstić information content (AvgIpc) is 2.60. The Morgan fingerprint density at radius 1 is 1.40 bits per heavy atom. The van der Waals surface area contributed by atoms with E-state index >= 15 is 0 Å². The van der Waals surface area contributed by atoms with Crippen LogP contribution in [0.15, 0.2) is 47.0 Å². The van der Waals surface area contributed by atoms with E-state index in [9.17, 15) is 4.79 Å². The van der Waals surface area contributed by atoms with Gasteiger partial charge in [0, 0.05) is 6.20 Å². The van der Waals surface area contributed by atoms with E-state index in [-0.39, 0.29) is 16.5 Å². The number of halogens is 1. The molecule has 2 heterocycles. The van der Waals surface area contributed by atoms with Crippen LogP contribution in [-0.2, 0) is 0 Å². The molecule has 0 radical (unpaired) electrons. The van der Waals surface area contributed by atoms with Crippen molar-refractivity contribution in [1.82, 2.24) is 19.5 Å². The first-order valence-electron chi connectivity index (χ1n) is 7.39. The second kappa shape index (κ2) is 7.25. The Labute approximate surface area is 153 Å². The molecule has 3 aromatic rings. The number of nitrogens with zero attached hydrogens (tertiary/aromatic N) is 4. The molecule has 25 heavy (non-hydrogen) atoms. The molecule has 0 saturated heterocycles. The Kier molecular flexibility index (Phi) is 5.06. The van der Waals surface area contributed by atoms with Crippen LogP contribution in [-0.4, -0.2) is 32.4 Å². The lowest BCUT2D eigenvalue weighted by Gasteiger charge is -2.13. The third-order valence-corrected chi connectivity index (χ3v) is 4.34. The van der Waals surface area contributed by atoms with Gasteiger partial charge in [-0.05, 0) is 48.5 Å². The van der Waals surface area contributed by atoms with Crippen LogP contribution in [0.1, 0.15) is 5.56 Å². The number of rotatable bonds is 5. The molecule has 6 nitrogen and oxygen atoms in total. The van der Waals surface area contributed by atoms with Crippen LogP contribution >= 0.6 is 23.4 Å². The summed E-state index contributed by atoms with van der Waals surface area (Å²) in [5, 5.41) is 0.896. The van der Waals surface area contributed by atoms with Crippen molar-refractivity contribution in [2.75, 3.05) is 12.9 Å². The zero-order valence-electron chi connectivity index (χ0n) is 13.7. The van der Waals surface area contributed by atoms with Crippen molar-refractivity contribution in [3.05, 3.63) is 58.3 Å². The lowest BCUT2D eigenvalue weighted by molar-refractivity contribution is 0.363. The second-order valence-corrected chi connectivity index (χ2v) is 6.27. The van der Waals surface area contributed by atoms with E-state index in [0.717, 1.165) is 5.56 Å². The van der Waals surface area contributed by atoms with Crippen LogP contribution < -0.4 is 10.3 Å². The van der Waals surface area contributed by atoms with Crippen LogP contribution in [0, 0.1) is 6.92 Å². The van der Waals surface area contributed by atoms with Crippen molar-refractivity contribution >= 4 is 34.4 Å². The van der Waals surface area contributed by atoms with Gasteiger partial charge in [-0.3, -0.25) is 9.36 Å². The fourth-order valence-electron chi connectivity index (χ4n) is 2.37. The summed E-state index contributed by atoms with van der Waals surface area (Å²) in [6, 6.07) is 5.37. The van der Waals surface area contributed by atoms with Crippen LogP contribution in [0.4, 0.5) is 0 Å². The molecule has 3 rings (SSSR count). The molecular weight excluding hydrogens is 360 g/mol. The first kappa shape index (κ1) is 17.4. The molecule has 0 amide bonds. The number of hydrogen-bond acceptors (Lipinski definition) is 6. The Morgan fingerprint density at radius 2 is 2.20 bits per heavy atom. The lowest BCUT2D eigenvalue weighted by atomic mass is 10.2. The van der Waals surface area contributed by atoms with Gasteiger partial charge in [-0.15, -0.1) is 0 Å². The Bertz CT molecular complexity index is 1020. The van der Waals surface area contributed by atoms with Crippen LogP contribution in [0.25, 0.3) is 16.7 Å². The zero-order chi connectivity index (χ0) is 18.0. The van der Waals surface area contributed by atoms with Crippen molar-refractivity contribution in [2.45, 2.75) is 12.1 Å². The molecule has 2 aromatic heterocycles. The van der Waals surface area contributed by atoms with Gasteiger partial charge in [0.1, 0.15) is 17.7 Å². The van der Waals surface area contributed by atoms with Gasteiger partial charge in [0.2, 0.25) is 5.28 Å². The van der Waals surface area contributed by atoms with Crippen molar-refractivity contribution in [2.24, 2.45) is 0 Å². The van der Waals surface area contributed by atoms with Crippen molar-refractivity contribution < 1.29 is 4.74 Å². The molecule has 1 aromatic carbocycles. The second-order valence-electron chi connectivity index (χ2n) is 5.16. The maximum atomic E-state index is 12.9. The Balaban J connectivity index is 2.15. The summed E-state index contributed by atoms with van der Waals surface area (Å²) in [7, 11) is 0. The molecule has 0 aliphatic carbocycles. The van der Waals surface area contributed by atoms with Gasteiger partial charge in [0.25, 0.3) is 5.56 Å². The summed E-state index contributed by atoms with van der Waals surface area (Å²) in [6.07, 6.45) is 5.00. The summed E-state index contributed by atoms with van der Waals surface area (Å²) in [5.41, 5.74) is 1.43. The summed E-state index contributed by atoms with van der Waals surface area (Å²) < 4.78 is 6.85. The monoisotopic (exact) mass is 374 g/mol. The highest BCUT2D eigenvalue weighted by molar-refractivity contribution is 7.98. The van der Waals surface area contributed by atoms with E-state index in [4.69, 9.17) is 16.3 Å². The maximum Gasteiger partial charge on any atom is 0.270 e. The number of aryl methyl sites for hydroxylation is 1. The minimum absolute atomic E-state index is 0.0473. The number of fused-ring (bicyclic) bond motifs is 1. The summed E-state index contributed by atoms with van der Waals surface area (Å²) >= 11 is 7.65. The third kappa shape index (κ3) is 3.38. The fourth-order valence-corrected chi connectivity index (χ4v) is 2.95. The predicted octanol–water partition coefficient (Wildman–Crippen LogP) is 3.42. The van der Waals surface area contributed by atoms with Crippen LogP contribution in [0.3, 0.4) is 0 Å². The van der Waals surface area contributed by atoms with Gasteiger partial charge < -0.3 is 4.74 Å². The molecule has 0 aliphatic heterocycles. The molecule has 0 unspecified atom stereocenters. The number of ether oxygens (including phenoxy) is 1. The van der Waals surface area contributed by atoms with Gasteiger partial charge >= 0.3 is 0 Å². The third-order valence-electron chi connectivity index (χ3n) is 3.52. The van der Waals surface area contributed by atoms with Gasteiger partial charge in [-0.25, -0.2) is 9.97 Å². The molecule has 0 spiro atoms. The molecule has 0 saturated carbocycles. The topological polar surface area (TPSA) is 69.9 Å². The lowest BCUT2D eigenvalue weighted by Crippen LogP contribution is -2.22. The molecule has 0 atom stereocenters. The standard InChI is InChI=1S/C17H15ClN4O2S/c1-4-7-24-11-5-6-13(10(2)8-11)22-15(23)12-9-19-17(25-3)21-14(12)20-16(22)18/h4-6,8-9H,1,7H2,2-3H3. The smallest absolute Gasteiger partial charge is 0.270 e. The van der Waals surface area contributed by atoms with E-state index in [0.29, 0.717) is 28.6 Å². The Hall–Kier alpha value is -2.38. The molecule has 0 aliphatic rings. The summed E-state index contributed by atoms with van der Waals surface area (Å²) in [5.74, 6) is 0.687. The van der Waals surface area contributed by atoms with E-state index in [2.05, 4.69) is 21.5 Å². The van der Waals surface area contributed by atoms with Crippen LogP contribution in [0.5, 0.6) is 5.75 Å². The van der Waals surface area contributed by atoms with Crippen molar-refractivity contribution in [1.29, 1.82) is 0 Å². The highest BCUT2D eigenvalue weighted by Crippen LogP contribution is 2.23. The van der Waals surface area contributed by atoms with Crippen molar-refractivity contribution in [3.63, 3.8) is 0 Å². The first-order valence-corrected chi connectivity index (χ1v) is 8.99. The number of thioether (sulfide) groups is 1. The highest BCUT2D eigenvalue weighted by Gasteiger charge is 2.15. The summed E-state index contributed by atoms with van der Waals surface area (Å²) in [4.78, 5) is 25.5. The molecular formula is C17H15ClN4O2S. The minimum Gasteiger partial charge on any atom is -0.490 e. The van der Waals surface area contributed by atoms with Gasteiger partial charge in [-0.2, -0.15) is 4.98 Å². The zero-order valence-corrected chi connectivity index (χ0v) is 15.3. The van der Waals surface area contributed by atoms with E-state index in [1.807, 2.05) is 19.2 Å². The average molecular weight is 375 g/mol. The fraction of sp³-hybridized carbons (Fsp3) is 0.176. The van der Waals surface area contributed by atoms with Gasteiger partial charge in [-0.1, -0.05) is 24.4 Å². The molecule has 128 valence electrons. The minimum atomic E-state index is -0.314. The molecule has 8 heteroatoms.